The molecule has 0 saturated heterocycles. The Labute approximate surface area is 139 Å². The Balaban J connectivity index is 1.90. The zero-order valence-corrected chi connectivity index (χ0v) is 13.3. The SMILES string of the molecule is Cc1c[nH]c(Cc2ccc(C#N)c(Oc3ccccc3Cl)c2)n1. The molecule has 0 saturated carbocycles. The fourth-order valence-electron chi connectivity index (χ4n) is 2.25. The van der Waals surface area contributed by atoms with Crippen LogP contribution in [0.15, 0.2) is 48.7 Å². The van der Waals surface area contributed by atoms with E-state index < -0.39 is 0 Å². The molecule has 0 aliphatic rings. The van der Waals surface area contributed by atoms with Gasteiger partial charge < -0.3 is 9.72 Å². The summed E-state index contributed by atoms with van der Waals surface area (Å²) in [7, 11) is 0. The second-order valence-corrected chi connectivity index (χ2v) is 5.55. The number of H-pyrrole nitrogens is 1. The minimum absolute atomic E-state index is 0.462. The van der Waals surface area contributed by atoms with Gasteiger partial charge in [0, 0.05) is 12.6 Å². The van der Waals surface area contributed by atoms with Crippen LogP contribution in [0.25, 0.3) is 0 Å². The van der Waals surface area contributed by atoms with Gasteiger partial charge in [-0.05, 0) is 36.8 Å². The molecule has 1 aromatic heterocycles. The lowest BCUT2D eigenvalue weighted by atomic mass is 10.1. The fourth-order valence-corrected chi connectivity index (χ4v) is 2.42. The number of imidazole rings is 1. The Bertz CT molecular complexity index is 880. The Morgan fingerprint density at radius 2 is 2.04 bits per heavy atom. The normalized spacial score (nSPS) is 10.3. The van der Waals surface area contributed by atoms with E-state index in [2.05, 4.69) is 16.0 Å². The van der Waals surface area contributed by atoms with Gasteiger partial charge in [-0.2, -0.15) is 5.26 Å². The lowest BCUT2D eigenvalue weighted by Gasteiger charge is -2.10. The quantitative estimate of drug-likeness (QED) is 0.761. The van der Waals surface area contributed by atoms with Crippen LogP contribution in [0.1, 0.15) is 22.6 Å². The molecule has 0 unspecified atom stereocenters. The van der Waals surface area contributed by atoms with Crippen molar-refractivity contribution in [2.24, 2.45) is 0 Å². The maximum Gasteiger partial charge on any atom is 0.146 e. The third-order valence-corrected chi connectivity index (χ3v) is 3.67. The number of halogens is 1. The first-order chi connectivity index (χ1) is 11.2. The molecule has 1 heterocycles. The number of aromatic nitrogens is 2. The van der Waals surface area contributed by atoms with Gasteiger partial charge >= 0.3 is 0 Å². The molecule has 0 bridgehead atoms. The van der Waals surface area contributed by atoms with E-state index in [1.807, 2.05) is 37.4 Å². The highest BCUT2D eigenvalue weighted by Crippen LogP contribution is 2.31. The van der Waals surface area contributed by atoms with Crippen LogP contribution in [0.4, 0.5) is 0 Å². The van der Waals surface area contributed by atoms with Gasteiger partial charge in [0.15, 0.2) is 0 Å². The number of nitriles is 1. The van der Waals surface area contributed by atoms with E-state index in [9.17, 15) is 5.26 Å². The number of nitrogens with zero attached hydrogens (tertiary/aromatic N) is 2. The largest absolute Gasteiger partial charge is 0.454 e. The van der Waals surface area contributed by atoms with E-state index in [1.54, 1.807) is 18.2 Å². The molecule has 23 heavy (non-hydrogen) atoms. The van der Waals surface area contributed by atoms with Gasteiger partial charge in [-0.25, -0.2) is 4.98 Å². The highest BCUT2D eigenvalue weighted by Gasteiger charge is 2.10. The number of aryl methyl sites for hydroxylation is 1. The first kappa shape index (κ1) is 15.1. The van der Waals surface area contributed by atoms with Crippen molar-refractivity contribution in [2.45, 2.75) is 13.3 Å². The predicted octanol–water partition coefficient (Wildman–Crippen LogP) is 4.63. The third kappa shape index (κ3) is 3.53. The van der Waals surface area contributed by atoms with Crippen LogP contribution in [-0.4, -0.2) is 9.97 Å². The average Bonchev–Trinajstić information content (AvgIpc) is 2.95. The minimum Gasteiger partial charge on any atom is -0.454 e. The summed E-state index contributed by atoms with van der Waals surface area (Å²) in [4.78, 5) is 7.52. The lowest BCUT2D eigenvalue weighted by molar-refractivity contribution is 0.480. The van der Waals surface area contributed by atoms with Gasteiger partial charge in [0.05, 0.1) is 16.3 Å². The van der Waals surface area contributed by atoms with Crippen molar-refractivity contribution in [1.29, 1.82) is 5.26 Å². The number of hydrogen-bond acceptors (Lipinski definition) is 3. The van der Waals surface area contributed by atoms with Crippen molar-refractivity contribution in [3.8, 4) is 17.6 Å². The Hall–Kier alpha value is -2.77. The Morgan fingerprint density at radius 1 is 1.22 bits per heavy atom. The van der Waals surface area contributed by atoms with E-state index in [0.29, 0.717) is 28.5 Å². The minimum atomic E-state index is 0.462. The summed E-state index contributed by atoms with van der Waals surface area (Å²) in [6.45, 7) is 1.94. The lowest BCUT2D eigenvalue weighted by Crippen LogP contribution is -1.95. The molecule has 0 fully saturated rings. The number of ether oxygens (including phenoxy) is 1. The van der Waals surface area contributed by atoms with Gasteiger partial charge in [0.2, 0.25) is 0 Å². The number of nitrogens with one attached hydrogen (secondary N) is 1. The second-order valence-electron chi connectivity index (χ2n) is 5.14. The molecular weight excluding hydrogens is 310 g/mol. The van der Waals surface area contributed by atoms with Gasteiger partial charge in [0.1, 0.15) is 23.4 Å². The molecule has 0 radical (unpaired) electrons. The highest BCUT2D eigenvalue weighted by molar-refractivity contribution is 6.32. The summed E-state index contributed by atoms with van der Waals surface area (Å²) in [5.74, 6) is 1.88. The van der Waals surface area contributed by atoms with Gasteiger partial charge in [-0.15, -0.1) is 0 Å². The van der Waals surface area contributed by atoms with Crippen molar-refractivity contribution in [3.63, 3.8) is 0 Å². The summed E-state index contributed by atoms with van der Waals surface area (Å²) >= 11 is 6.12. The van der Waals surface area contributed by atoms with E-state index in [-0.39, 0.29) is 0 Å². The Kier molecular flexibility index (Phi) is 4.31. The summed E-state index contributed by atoms with van der Waals surface area (Å²) in [6.07, 6.45) is 2.50. The van der Waals surface area contributed by atoms with E-state index in [1.165, 1.54) is 0 Å². The third-order valence-electron chi connectivity index (χ3n) is 3.35. The molecule has 0 aliphatic heterocycles. The van der Waals surface area contributed by atoms with Crippen molar-refractivity contribution >= 4 is 11.6 Å². The number of rotatable bonds is 4. The molecule has 0 amide bonds. The molecule has 4 nitrogen and oxygen atoms in total. The van der Waals surface area contributed by atoms with Gasteiger partial charge in [-0.1, -0.05) is 29.8 Å². The zero-order chi connectivity index (χ0) is 16.2. The maximum absolute atomic E-state index is 9.27. The van der Waals surface area contributed by atoms with Crippen molar-refractivity contribution in [1.82, 2.24) is 9.97 Å². The van der Waals surface area contributed by atoms with Crippen LogP contribution in [0.5, 0.6) is 11.5 Å². The molecule has 3 aromatic rings. The number of para-hydroxylation sites is 1. The molecule has 5 heteroatoms. The monoisotopic (exact) mass is 323 g/mol. The zero-order valence-electron chi connectivity index (χ0n) is 12.5. The van der Waals surface area contributed by atoms with E-state index in [0.717, 1.165) is 17.1 Å². The molecule has 0 spiro atoms. The molecule has 114 valence electrons. The summed E-state index contributed by atoms with van der Waals surface area (Å²) in [6, 6.07) is 14.8. The summed E-state index contributed by atoms with van der Waals surface area (Å²) in [5, 5.41) is 9.77. The predicted molar refractivity (Wildman–Crippen MR) is 88.8 cm³/mol. The van der Waals surface area contributed by atoms with Crippen molar-refractivity contribution < 1.29 is 4.74 Å². The topological polar surface area (TPSA) is 61.7 Å². The summed E-state index contributed by atoms with van der Waals surface area (Å²) < 4.78 is 5.83. The molecule has 0 aliphatic carbocycles. The first-order valence-corrected chi connectivity index (χ1v) is 7.50. The number of aromatic amines is 1. The van der Waals surface area contributed by atoms with E-state index in [4.69, 9.17) is 16.3 Å². The standard InChI is InChI=1S/C18H14ClN3O/c1-12-11-21-18(22-12)9-13-6-7-14(10-20)17(8-13)23-16-5-3-2-4-15(16)19/h2-8,11H,9H2,1H3,(H,21,22). The van der Waals surface area contributed by atoms with Gasteiger partial charge in [-0.3, -0.25) is 0 Å². The number of hydrogen-bond donors (Lipinski definition) is 1. The highest BCUT2D eigenvalue weighted by atomic mass is 35.5. The van der Waals surface area contributed by atoms with Gasteiger partial charge in [0.25, 0.3) is 0 Å². The summed E-state index contributed by atoms with van der Waals surface area (Å²) in [5.41, 5.74) is 2.41. The molecule has 0 atom stereocenters. The second kappa shape index (κ2) is 6.55. The van der Waals surface area contributed by atoms with Crippen LogP contribution in [0.3, 0.4) is 0 Å². The fraction of sp³-hybridized carbons (Fsp3) is 0.111. The van der Waals surface area contributed by atoms with Crippen LogP contribution >= 0.6 is 11.6 Å². The first-order valence-electron chi connectivity index (χ1n) is 7.12. The smallest absolute Gasteiger partial charge is 0.146 e. The molecule has 3 rings (SSSR count). The maximum atomic E-state index is 9.27. The van der Waals surface area contributed by atoms with Crippen LogP contribution in [0.2, 0.25) is 5.02 Å². The molecule has 1 N–H and O–H groups in total. The van der Waals surface area contributed by atoms with Crippen LogP contribution < -0.4 is 4.74 Å². The van der Waals surface area contributed by atoms with Crippen LogP contribution in [0, 0.1) is 18.3 Å². The average molecular weight is 324 g/mol. The molecule has 2 aromatic carbocycles. The van der Waals surface area contributed by atoms with Crippen LogP contribution in [-0.2, 0) is 6.42 Å². The van der Waals surface area contributed by atoms with E-state index >= 15 is 0 Å². The van der Waals surface area contributed by atoms with Crippen molar-refractivity contribution in [2.75, 3.05) is 0 Å². The Morgan fingerprint density at radius 3 is 2.74 bits per heavy atom. The molecular formula is C18H14ClN3O. The van der Waals surface area contributed by atoms with Crippen molar-refractivity contribution in [3.05, 3.63) is 76.3 Å². The number of benzene rings is 2.